The van der Waals surface area contributed by atoms with Crippen LogP contribution in [0.2, 0.25) is 0 Å². The third-order valence-corrected chi connectivity index (χ3v) is 1.99. The Morgan fingerprint density at radius 3 is 1.13 bits per heavy atom. The van der Waals surface area contributed by atoms with Crippen molar-refractivity contribution in [2.24, 2.45) is 0 Å². The van der Waals surface area contributed by atoms with Gasteiger partial charge in [-0.1, -0.05) is 18.2 Å². The molecule has 1 aliphatic rings. The molecular weight excluding hydrogens is 192 g/mol. The van der Waals surface area contributed by atoms with Crippen LogP contribution in [0.1, 0.15) is 19.3 Å². The number of ether oxygens (including phenoxy) is 3. The number of rotatable bonds is 6. The highest BCUT2D eigenvalue weighted by atomic mass is 16.9. The third-order valence-electron chi connectivity index (χ3n) is 1.99. The van der Waals surface area contributed by atoms with Crippen molar-refractivity contribution in [3.63, 3.8) is 0 Å². The summed E-state index contributed by atoms with van der Waals surface area (Å²) in [6.07, 6.45) is 6.47. The SMILES string of the molecule is C=CCC1OC(CC=C)OC(CC=C)O1. The van der Waals surface area contributed by atoms with Gasteiger partial charge in [0.15, 0.2) is 18.9 Å². The molecule has 0 saturated carbocycles. The molecule has 0 N–H and O–H groups in total. The van der Waals surface area contributed by atoms with E-state index in [9.17, 15) is 0 Å². The highest BCUT2D eigenvalue weighted by Gasteiger charge is 2.28. The molecule has 0 aromatic carbocycles. The van der Waals surface area contributed by atoms with Crippen molar-refractivity contribution in [3.05, 3.63) is 38.0 Å². The first-order chi connectivity index (χ1) is 7.30. The zero-order valence-electron chi connectivity index (χ0n) is 8.93. The van der Waals surface area contributed by atoms with Gasteiger partial charge in [-0.2, -0.15) is 0 Å². The molecule has 1 heterocycles. The van der Waals surface area contributed by atoms with E-state index in [-0.39, 0.29) is 18.9 Å². The van der Waals surface area contributed by atoms with Gasteiger partial charge in [0.1, 0.15) is 0 Å². The van der Waals surface area contributed by atoms with Crippen molar-refractivity contribution < 1.29 is 14.2 Å². The Balaban J connectivity index is 2.50. The predicted molar refractivity (Wildman–Crippen MR) is 59.1 cm³/mol. The van der Waals surface area contributed by atoms with Gasteiger partial charge in [0.05, 0.1) is 0 Å². The maximum Gasteiger partial charge on any atom is 0.167 e. The molecule has 0 bridgehead atoms. The van der Waals surface area contributed by atoms with Gasteiger partial charge in [-0.15, -0.1) is 19.7 Å². The second kappa shape index (κ2) is 6.56. The van der Waals surface area contributed by atoms with Gasteiger partial charge in [-0.3, -0.25) is 0 Å². The summed E-state index contributed by atoms with van der Waals surface area (Å²) >= 11 is 0. The van der Waals surface area contributed by atoms with Crippen LogP contribution in [-0.2, 0) is 14.2 Å². The highest BCUT2D eigenvalue weighted by Crippen LogP contribution is 2.22. The van der Waals surface area contributed by atoms with Crippen LogP contribution in [0.25, 0.3) is 0 Å². The predicted octanol–water partition coefficient (Wildman–Crippen LogP) is 2.76. The second-order valence-electron chi connectivity index (χ2n) is 3.27. The molecule has 0 unspecified atom stereocenters. The van der Waals surface area contributed by atoms with E-state index < -0.39 is 0 Å². The van der Waals surface area contributed by atoms with Crippen LogP contribution >= 0.6 is 0 Å². The third kappa shape index (κ3) is 4.00. The molecule has 3 heteroatoms. The van der Waals surface area contributed by atoms with Crippen molar-refractivity contribution in [2.45, 2.75) is 38.1 Å². The summed E-state index contributed by atoms with van der Waals surface area (Å²) in [4.78, 5) is 0. The molecule has 0 spiro atoms. The molecule has 0 radical (unpaired) electrons. The lowest BCUT2D eigenvalue weighted by Crippen LogP contribution is -2.39. The number of hydrogen-bond acceptors (Lipinski definition) is 3. The van der Waals surface area contributed by atoms with Crippen LogP contribution in [0, 0.1) is 0 Å². The van der Waals surface area contributed by atoms with Gasteiger partial charge < -0.3 is 14.2 Å². The minimum absolute atomic E-state index is 0.272. The van der Waals surface area contributed by atoms with E-state index in [1.807, 2.05) is 0 Å². The molecule has 15 heavy (non-hydrogen) atoms. The van der Waals surface area contributed by atoms with Gasteiger partial charge in [0, 0.05) is 19.3 Å². The monoisotopic (exact) mass is 210 g/mol. The Bertz CT molecular complexity index is 181. The van der Waals surface area contributed by atoms with Gasteiger partial charge in [-0.05, 0) is 0 Å². The van der Waals surface area contributed by atoms with Gasteiger partial charge >= 0.3 is 0 Å². The van der Waals surface area contributed by atoms with E-state index >= 15 is 0 Å². The Labute approximate surface area is 91.0 Å². The maximum absolute atomic E-state index is 5.52. The first-order valence-electron chi connectivity index (χ1n) is 5.09. The van der Waals surface area contributed by atoms with Crippen LogP contribution in [0.15, 0.2) is 38.0 Å². The van der Waals surface area contributed by atoms with E-state index in [0.717, 1.165) is 0 Å². The van der Waals surface area contributed by atoms with Crippen LogP contribution in [0.3, 0.4) is 0 Å². The first kappa shape index (κ1) is 12.2. The Morgan fingerprint density at radius 1 is 0.667 bits per heavy atom. The normalized spacial score (nSPS) is 30.8. The van der Waals surface area contributed by atoms with Gasteiger partial charge in [0.2, 0.25) is 0 Å². The maximum atomic E-state index is 5.52. The van der Waals surface area contributed by atoms with E-state index in [0.29, 0.717) is 19.3 Å². The van der Waals surface area contributed by atoms with Crippen LogP contribution in [-0.4, -0.2) is 18.9 Å². The summed E-state index contributed by atoms with van der Waals surface area (Å²) in [6, 6.07) is 0. The molecule has 0 atom stereocenters. The summed E-state index contributed by atoms with van der Waals surface area (Å²) in [6.45, 7) is 11.0. The van der Waals surface area contributed by atoms with Crippen LogP contribution in [0.4, 0.5) is 0 Å². The van der Waals surface area contributed by atoms with E-state index in [1.54, 1.807) is 18.2 Å². The molecule has 0 amide bonds. The molecule has 0 aromatic rings. The molecule has 84 valence electrons. The number of hydrogen-bond donors (Lipinski definition) is 0. The van der Waals surface area contributed by atoms with E-state index in [4.69, 9.17) is 14.2 Å². The fraction of sp³-hybridized carbons (Fsp3) is 0.500. The van der Waals surface area contributed by atoms with Crippen molar-refractivity contribution in [3.8, 4) is 0 Å². The Kier molecular flexibility index (Phi) is 5.32. The average molecular weight is 210 g/mol. The molecule has 1 saturated heterocycles. The standard InChI is InChI=1S/C12H18O3/c1-4-7-10-13-11(8-5-2)15-12(14-10)9-6-3/h4-6,10-12H,1-3,7-9H2. The van der Waals surface area contributed by atoms with Crippen molar-refractivity contribution in [2.75, 3.05) is 0 Å². The lowest BCUT2D eigenvalue weighted by atomic mass is 10.3. The smallest absolute Gasteiger partial charge is 0.167 e. The molecule has 0 aromatic heterocycles. The first-order valence-corrected chi connectivity index (χ1v) is 5.09. The van der Waals surface area contributed by atoms with Crippen LogP contribution < -0.4 is 0 Å². The summed E-state index contributed by atoms with van der Waals surface area (Å²) in [7, 11) is 0. The van der Waals surface area contributed by atoms with Crippen molar-refractivity contribution >= 4 is 0 Å². The quantitative estimate of drug-likeness (QED) is 0.631. The average Bonchev–Trinajstić information content (AvgIpc) is 2.19. The molecule has 0 aliphatic carbocycles. The van der Waals surface area contributed by atoms with E-state index in [2.05, 4.69) is 19.7 Å². The van der Waals surface area contributed by atoms with Gasteiger partial charge in [0.25, 0.3) is 0 Å². The molecule has 1 fully saturated rings. The zero-order chi connectivity index (χ0) is 11.1. The van der Waals surface area contributed by atoms with Crippen molar-refractivity contribution in [1.29, 1.82) is 0 Å². The summed E-state index contributed by atoms with van der Waals surface area (Å²) in [5.41, 5.74) is 0. The summed E-state index contributed by atoms with van der Waals surface area (Å²) < 4.78 is 16.6. The van der Waals surface area contributed by atoms with Crippen LogP contribution in [0.5, 0.6) is 0 Å². The minimum Gasteiger partial charge on any atom is -0.323 e. The lowest BCUT2D eigenvalue weighted by Gasteiger charge is -2.34. The minimum atomic E-state index is -0.272. The Hall–Kier alpha value is -0.900. The molecule has 1 rings (SSSR count). The molecule has 1 aliphatic heterocycles. The fourth-order valence-electron chi connectivity index (χ4n) is 1.35. The lowest BCUT2D eigenvalue weighted by molar-refractivity contribution is -0.379. The molecular formula is C12H18O3. The zero-order valence-corrected chi connectivity index (χ0v) is 8.93. The fourth-order valence-corrected chi connectivity index (χ4v) is 1.35. The second-order valence-corrected chi connectivity index (χ2v) is 3.27. The summed E-state index contributed by atoms with van der Waals surface area (Å²) in [5.74, 6) is 0. The molecule has 3 nitrogen and oxygen atoms in total. The largest absolute Gasteiger partial charge is 0.323 e. The van der Waals surface area contributed by atoms with E-state index in [1.165, 1.54) is 0 Å². The van der Waals surface area contributed by atoms with Crippen molar-refractivity contribution in [1.82, 2.24) is 0 Å². The summed E-state index contributed by atoms with van der Waals surface area (Å²) in [5, 5.41) is 0. The topological polar surface area (TPSA) is 27.7 Å². The Morgan fingerprint density at radius 2 is 0.933 bits per heavy atom. The van der Waals surface area contributed by atoms with Gasteiger partial charge in [-0.25, -0.2) is 0 Å². The highest BCUT2D eigenvalue weighted by molar-refractivity contribution is 4.77.